The van der Waals surface area contributed by atoms with Gasteiger partial charge in [-0.1, -0.05) is 22.6 Å². The molecule has 5 nitrogen and oxygen atoms in total. The summed E-state index contributed by atoms with van der Waals surface area (Å²) in [7, 11) is 0. The van der Waals surface area contributed by atoms with Crippen molar-refractivity contribution in [3.8, 4) is 0 Å². The number of aliphatic hydroxyl groups is 5. The van der Waals surface area contributed by atoms with Crippen molar-refractivity contribution in [3.05, 3.63) is 0 Å². The molecular formula is C6H13IO5. The highest BCUT2D eigenvalue weighted by molar-refractivity contribution is 14.1. The maximum Gasteiger partial charge on any atom is 0.104 e. The number of rotatable bonds is 5. The maximum absolute atomic E-state index is 9.20. The molecule has 0 radical (unpaired) electrons. The number of halogens is 1. The van der Waals surface area contributed by atoms with Crippen molar-refractivity contribution in [2.45, 2.75) is 22.2 Å². The summed E-state index contributed by atoms with van der Waals surface area (Å²) in [5.41, 5.74) is 0. The van der Waals surface area contributed by atoms with Crippen LogP contribution in [0.5, 0.6) is 0 Å². The average molecular weight is 292 g/mol. The second-order valence-electron chi connectivity index (χ2n) is 2.43. The molecule has 0 bridgehead atoms. The molecule has 0 aromatic rings. The fourth-order valence-electron chi connectivity index (χ4n) is 0.649. The Morgan fingerprint density at radius 2 is 1.33 bits per heavy atom. The molecule has 4 atom stereocenters. The molecule has 0 amide bonds. The van der Waals surface area contributed by atoms with Gasteiger partial charge in [0, 0.05) is 0 Å². The summed E-state index contributed by atoms with van der Waals surface area (Å²) in [5.74, 6) is 0. The first-order chi connectivity index (χ1) is 5.54. The van der Waals surface area contributed by atoms with E-state index >= 15 is 0 Å². The normalized spacial score (nSPS) is 21.5. The van der Waals surface area contributed by atoms with Crippen LogP contribution in [-0.4, -0.2) is 61.0 Å². The van der Waals surface area contributed by atoms with E-state index < -0.39 is 35.5 Å². The van der Waals surface area contributed by atoms with Crippen LogP contribution in [0, 0.1) is 0 Å². The number of aliphatic hydroxyl groups excluding tert-OH is 5. The monoisotopic (exact) mass is 292 g/mol. The van der Waals surface area contributed by atoms with E-state index in [1.165, 1.54) is 0 Å². The molecule has 0 heterocycles. The Morgan fingerprint density at radius 1 is 0.917 bits per heavy atom. The van der Waals surface area contributed by atoms with E-state index in [0.717, 1.165) is 0 Å². The summed E-state index contributed by atoms with van der Waals surface area (Å²) in [5, 5.41) is 44.1. The van der Waals surface area contributed by atoms with Crippen LogP contribution in [0.1, 0.15) is 0 Å². The third-order valence-electron chi connectivity index (χ3n) is 1.46. The molecule has 0 aromatic carbocycles. The van der Waals surface area contributed by atoms with Crippen molar-refractivity contribution >= 4 is 22.6 Å². The Balaban J connectivity index is 3.99. The van der Waals surface area contributed by atoms with Crippen molar-refractivity contribution < 1.29 is 25.5 Å². The van der Waals surface area contributed by atoms with Gasteiger partial charge in [0.05, 0.1) is 29.3 Å². The van der Waals surface area contributed by atoms with Crippen molar-refractivity contribution in [1.29, 1.82) is 0 Å². The van der Waals surface area contributed by atoms with Crippen LogP contribution in [0.3, 0.4) is 0 Å². The average Bonchev–Trinajstić information content (AvgIpc) is 2.12. The van der Waals surface area contributed by atoms with Gasteiger partial charge in [0.15, 0.2) is 0 Å². The highest BCUT2D eigenvalue weighted by Gasteiger charge is 2.28. The smallest absolute Gasteiger partial charge is 0.104 e. The van der Waals surface area contributed by atoms with E-state index in [2.05, 4.69) is 0 Å². The van der Waals surface area contributed by atoms with Crippen molar-refractivity contribution in [2.24, 2.45) is 0 Å². The molecule has 0 saturated carbocycles. The van der Waals surface area contributed by atoms with E-state index in [0.29, 0.717) is 0 Å². The van der Waals surface area contributed by atoms with Crippen LogP contribution in [-0.2, 0) is 0 Å². The minimum Gasteiger partial charge on any atom is -0.394 e. The molecule has 0 unspecified atom stereocenters. The first-order valence-corrected chi connectivity index (χ1v) is 4.69. The van der Waals surface area contributed by atoms with Gasteiger partial charge >= 0.3 is 0 Å². The van der Waals surface area contributed by atoms with Gasteiger partial charge < -0.3 is 25.5 Å². The second-order valence-corrected chi connectivity index (χ2v) is 3.87. The minimum absolute atomic E-state index is 0.483. The van der Waals surface area contributed by atoms with E-state index in [1.807, 2.05) is 0 Å². The minimum atomic E-state index is -1.28. The largest absolute Gasteiger partial charge is 0.394 e. The highest BCUT2D eigenvalue weighted by atomic mass is 127. The number of hydrogen-bond donors (Lipinski definition) is 5. The second kappa shape index (κ2) is 6.06. The molecule has 0 aliphatic heterocycles. The first-order valence-electron chi connectivity index (χ1n) is 3.44. The fraction of sp³-hybridized carbons (Fsp3) is 1.00. The Kier molecular flexibility index (Phi) is 6.32. The lowest BCUT2D eigenvalue weighted by Crippen LogP contribution is -2.43. The molecule has 0 aliphatic carbocycles. The third-order valence-corrected chi connectivity index (χ3v) is 3.03. The van der Waals surface area contributed by atoms with Gasteiger partial charge in [0.25, 0.3) is 0 Å². The van der Waals surface area contributed by atoms with E-state index in [1.54, 1.807) is 22.6 Å². The Hall–Kier alpha value is 0.530. The van der Waals surface area contributed by atoms with Gasteiger partial charge in [-0.2, -0.15) is 0 Å². The van der Waals surface area contributed by atoms with Crippen LogP contribution >= 0.6 is 22.6 Å². The van der Waals surface area contributed by atoms with Crippen LogP contribution < -0.4 is 0 Å². The lowest BCUT2D eigenvalue weighted by Gasteiger charge is -2.23. The van der Waals surface area contributed by atoms with Crippen LogP contribution in [0.15, 0.2) is 0 Å². The summed E-state index contributed by atoms with van der Waals surface area (Å²) >= 11 is 1.70. The van der Waals surface area contributed by atoms with Gasteiger partial charge in [-0.3, -0.25) is 0 Å². The maximum atomic E-state index is 9.20. The molecule has 0 aliphatic rings. The topological polar surface area (TPSA) is 101 Å². The summed E-state index contributed by atoms with van der Waals surface area (Å²) in [4.78, 5) is 0. The molecule has 12 heavy (non-hydrogen) atoms. The van der Waals surface area contributed by atoms with Crippen molar-refractivity contribution in [2.75, 3.05) is 13.2 Å². The van der Waals surface area contributed by atoms with E-state index in [4.69, 9.17) is 20.4 Å². The summed E-state index contributed by atoms with van der Waals surface area (Å²) in [6.45, 7) is -1.05. The predicted molar refractivity (Wildman–Crippen MR) is 50.0 cm³/mol. The third kappa shape index (κ3) is 3.50. The quantitative estimate of drug-likeness (QED) is 0.294. The van der Waals surface area contributed by atoms with Crippen molar-refractivity contribution in [1.82, 2.24) is 0 Å². The molecule has 0 spiro atoms. The van der Waals surface area contributed by atoms with E-state index in [-0.39, 0.29) is 0 Å². The molecule has 0 saturated heterocycles. The van der Waals surface area contributed by atoms with Gasteiger partial charge in [0.2, 0.25) is 0 Å². The van der Waals surface area contributed by atoms with Gasteiger partial charge in [0.1, 0.15) is 6.10 Å². The van der Waals surface area contributed by atoms with Gasteiger partial charge in [-0.05, 0) is 0 Å². The molecule has 0 fully saturated rings. The molecule has 74 valence electrons. The SMILES string of the molecule is OC[C@@H](O)[C@@H](O)[C@H](I)[C@H](O)CO. The van der Waals surface area contributed by atoms with Gasteiger partial charge in [-0.15, -0.1) is 0 Å². The standard InChI is InChI=1S/C6H13IO5/c7-5(3(10)1-8)6(12)4(11)2-9/h3-6,8-12H,1-2H2/t3-,4-,5-,6-/m1/s1. The highest BCUT2D eigenvalue weighted by Crippen LogP contribution is 2.14. The lowest BCUT2D eigenvalue weighted by molar-refractivity contribution is -0.0353. The Labute approximate surface area is 83.8 Å². The predicted octanol–water partition coefficient (Wildman–Crippen LogP) is -2.14. The number of alkyl halides is 1. The summed E-state index contributed by atoms with van der Waals surface area (Å²) in [6.07, 6.45) is -3.62. The van der Waals surface area contributed by atoms with Gasteiger partial charge in [-0.25, -0.2) is 0 Å². The van der Waals surface area contributed by atoms with Crippen LogP contribution in [0.2, 0.25) is 0 Å². The Morgan fingerprint density at radius 3 is 1.67 bits per heavy atom. The zero-order chi connectivity index (χ0) is 9.72. The molecule has 0 rings (SSSR count). The molecular weight excluding hydrogens is 279 g/mol. The zero-order valence-corrected chi connectivity index (χ0v) is 8.50. The molecule has 5 N–H and O–H groups in total. The first kappa shape index (κ1) is 12.5. The summed E-state index contributed by atoms with van der Waals surface area (Å²) in [6, 6.07) is 0. The summed E-state index contributed by atoms with van der Waals surface area (Å²) < 4.78 is -0.699. The number of hydrogen-bond acceptors (Lipinski definition) is 5. The van der Waals surface area contributed by atoms with E-state index in [9.17, 15) is 5.11 Å². The van der Waals surface area contributed by atoms with Crippen LogP contribution in [0.25, 0.3) is 0 Å². The molecule has 0 aromatic heterocycles. The molecule has 6 heteroatoms. The van der Waals surface area contributed by atoms with Crippen LogP contribution in [0.4, 0.5) is 0 Å². The Bertz CT molecular complexity index is 109. The fourth-order valence-corrected chi connectivity index (χ4v) is 1.36. The zero-order valence-electron chi connectivity index (χ0n) is 6.34. The van der Waals surface area contributed by atoms with Crippen molar-refractivity contribution in [3.63, 3.8) is 0 Å². The lowest BCUT2D eigenvalue weighted by atomic mass is 10.1.